The number of carbonyl (C=O) groups is 1. The number of benzene rings is 1. The summed E-state index contributed by atoms with van der Waals surface area (Å²) in [6.45, 7) is 0. The Balaban J connectivity index is 1.86. The normalized spacial score (nSPS) is 22.8. The number of rotatable bonds is 1. The zero-order valence-electron chi connectivity index (χ0n) is 9.07. The predicted octanol–water partition coefficient (Wildman–Crippen LogP) is 1.99. The first-order valence-corrected chi connectivity index (χ1v) is 5.74. The van der Waals surface area contributed by atoms with Gasteiger partial charge in [0.05, 0.1) is 5.69 Å². The van der Waals surface area contributed by atoms with Gasteiger partial charge in [0, 0.05) is 0 Å². The van der Waals surface area contributed by atoms with E-state index in [0.29, 0.717) is 0 Å². The first kappa shape index (κ1) is 9.66. The molecule has 1 spiro atoms. The molecule has 1 saturated carbocycles. The number of anilines is 1. The highest BCUT2D eigenvalue weighted by atomic mass is 16.2. The van der Waals surface area contributed by atoms with Crippen LogP contribution in [0, 0.1) is 0 Å². The lowest BCUT2D eigenvalue weighted by Gasteiger charge is -2.23. The highest BCUT2D eigenvalue weighted by Gasteiger charge is 2.44. The van der Waals surface area contributed by atoms with E-state index in [0.717, 1.165) is 18.5 Å². The third-order valence-electron chi connectivity index (χ3n) is 3.35. The predicted molar refractivity (Wildman–Crippen MR) is 61.8 cm³/mol. The maximum Gasteiger partial charge on any atom is 0.338 e. The molecule has 1 aliphatic heterocycles. The minimum Gasteiger partial charge on any atom is -0.317 e. The number of nitrogens with one attached hydrogen (secondary N) is 2. The Morgan fingerprint density at radius 2 is 1.81 bits per heavy atom. The third-order valence-corrected chi connectivity index (χ3v) is 3.35. The molecule has 1 aliphatic carbocycles. The highest BCUT2D eigenvalue weighted by Crippen LogP contribution is 2.31. The Morgan fingerprint density at radius 1 is 1.12 bits per heavy atom. The molecule has 2 aliphatic rings. The van der Waals surface area contributed by atoms with Crippen molar-refractivity contribution in [1.82, 2.24) is 10.7 Å². The van der Waals surface area contributed by atoms with Gasteiger partial charge in [-0.3, -0.25) is 0 Å². The summed E-state index contributed by atoms with van der Waals surface area (Å²) in [4.78, 5) is 11.9. The van der Waals surface area contributed by atoms with Crippen molar-refractivity contribution in [3.63, 3.8) is 0 Å². The molecule has 1 aromatic carbocycles. The van der Waals surface area contributed by atoms with Gasteiger partial charge in [0.25, 0.3) is 0 Å². The maximum atomic E-state index is 11.9. The fraction of sp³-hybridized carbons (Fsp3) is 0.417. The number of carbonyl (C=O) groups excluding carboxylic acids is 1. The van der Waals surface area contributed by atoms with Gasteiger partial charge in [-0.25, -0.2) is 15.2 Å². The molecule has 84 valence electrons. The largest absolute Gasteiger partial charge is 0.338 e. The average molecular weight is 217 g/mol. The van der Waals surface area contributed by atoms with Gasteiger partial charge in [0.1, 0.15) is 5.66 Å². The van der Waals surface area contributed by atoms with Crippen LogP contribution in [-0.4, -0.2) is 11.7 Å². The summed E-state index contributed by atoms with van der Waals surface area (Å²) in [5.41, 5.74) is 4.01. The van der Waals surface area contributed by atoms with Crippen LogP contribution in [-0.2, 0) is 0 Å². The summed E-state index contributed by atoms with van der Waals surface area (Å²) in [7, 11) is 0. The third kappa shape index (κ3) is 1.46. The van der Waals surface area contributed by atoms with Gasteiger partial charge in [-0.2, -0.15) is 0 Å². The molecule has 2 fully saturated rings. The maximum absolute atomic E-state index is 11.9. The zero-order chi connectivity index (χ0) is 11.0. The van der Waals surface area contributed by atoms with Gasteiger partial charge in [-0.15, -0.1) is 0 Å². The van der Waals surface area contributed by atoms with E-state index >= 15 is 0 Å². The first-order valence-electron chi connectivity index (χ1n) is 5.74. The lowest BCUT2D eigenvalue weighted by molar-refractivity contribution is 0.246. The van der Waals surface area contributed by atoms with Crippen molar-refractivity contribution >= 4 is 11.7 Å². The number of hydrogen-bond donors (Lipinski definition) is 2. The molecule has 2 N–H and O–H groups in total. The first-order chi connectivity index (χ1) is 7.79. The van der Waals surface area contributed by atoms with Gasteiger partial charge < -0.3 is 5.32 Å². The fourth-order valence-electron chi connectivity index (χ4n) is 2.53. The summed E-state index contributed by atoms with van der Waals surface area (Å²) in [5, 5.41) is 4.67. The number of nitrogens with zero attached hydrogens (tertiary/aromatic N) is 1. The molecular formula is C12H15N3O. The van der Waals surface area contributed by atoms with Gasteiger partial charge in [0.15, 0.2) is 0 Å². The minimum atomic E-state index is -0.188. The Bertz CT molecular complexity index is 398. The van der Waals surface area contributed by atoms with Gasteiger partial charge in [-0.1, -0.05) is 18.2 Å². The zero-order valence-corrected chi connectivity index (χ0v) is 9.07. The molecule has 3 rings (SSSR count). The van der Waals surface area contributed by atoms with Crippen LogP contribution in [0.4, 0.5) is 10.5 Å². The smallest absolute Gasteiger partial charge is 0.317 e. The number of para-hydroxylation sites is 1. The summed E-state index contributed by atoms with van der Waals surface area (Å²) < 4.78 is 0. The number of amides is 2. The lowest BCUT2D eigenvalue weighted by atomic mass is 10.1. The Morgan fingerprint density at radius 3 is 2.50 bits per heavy atom. The van der Waals surface area contributed by atoms with Crippen LogP contribution in [0.2, 0.25) is 0 Å². The Labute approximate surface area is 94.6 Å². The van der Waals surface area contributed by atoms with E-state index in [1.54, 1.807) is 5.01 Å². The molecule has 16 heavy (non-hydrogen) atoms. The molecule has 1 aromatic rings. The van der Waals surface area contributed by atoms with Crippen LogP contribution in [0.5, 0.6) is 0 Å². The van der Waals surface area contributed by atoms with Gasteiger partial charge in [0.2, 0.25) is 0 Å². The van der Waals surface area contributed by atoms with E-state index in [1.165, 1.54) is 12.8 Å². The molecular weight excluding hydrogens is 202 g/mol. The molecule has 0 aromatic heterocycles. The quantitative estimate of drug-likeness (QED) is 0.755. The summed E-state index contributed by atoms with van der Waals surface area (Å²) >= 11 is 0. The van der Waals surface area contributed by atoms with Crippen molar-refractivity contribution in [3.8, 4) is 0 Å². The van der Waals surface area contributed by atoms with E-state index in [4.69, 9.17) is 0 Å². The molecule has 4 heteroatoms. The monoisotopic (exact) mass is 217 g/mol. The molecule has 0 atom stereocenters. The molecule has 0 bridgehead atoms. The van der Waals surface area contributed by atoms with E-state index < -0.39 is 0 Å². The second kappa shape index (κ2) is 3.49. The van der Waals surface area contributed by atoms with E-state index in [1.807, 2.05) is 30.3 Å². The summed E-state index contributed by atoms with van der Waals surface area (Å²) in [6.07, 6.45) is 4.38. The minimum absolute atomic E-state index is 0.0481. The van der Waals surface area contributed by atoms with Crippen molar-refractivity contribution in [3.05, 3.63) is 30.3 Å². The Hall–Kier alpha value is -1.55. The standard InChI is InChI=1S/C12H15N3O/c16-11-13-12(8-4-5-9-12)14-15(11)10-6-2-1-3-7-10/h1-3,6-7,14H,4-5,8-9H2,(H,13,16). The Kier molecular flexibility index (Phi) is 2.11. The van der Waals surface area contributed by atoms with Crippen LogP contribution in [0.25, 0.3) is 0 Å². The van der Waals surface area contributed by atoms with Crippen molar-refractivity contribution in [2.45, 2.75) is 31.3 Å². The number of hydrogen-bond acceptors (Lipinski definition) is 2. The SMILES string of the molecule is O=C1NC2(CCCC2)NN1c1ccccc1. The average Bonchev–Trinajstić information content (AvgIpc) is 2.88. The van der Waals surface area contributed by atoms with Crippen molar-refractivity contribution in [2.24, 2.45) is 0 Å². The van der Waals surface area contributed by atoms with E-state index in [-0.39, 0.29) is 11.7 Å². The summed E-state index contributed by atoms with van der Waals surface area (Å²) in [6, 6.07) is 9.63. The second-order valence-corrected chi connectivity index (χ2v) is 4.50. The highest BCUT2D eigenvalue weighted by molar-refractivity contribution is 5.93. The van der Waals surface area contributed by atoms with Crippen LogP contribution in [0.3, 0.4) is 0 Å². The second-order valence-electron chi connectivity index (χ2n) is 4.50. The van der Waals surface area contributed by atoms with Gasteiger partial charge >= 0.3 is 6.03 Å². The molecule has 4 nitrogen and oxygen atoms in total. The van der Waals surface area contributed by atoms with Crippen molar-refractivity contribution in [1.29, 1.82) is 0 Å². The van der Waals surface area contributed by atoms with Crippen molar-refractivity contribution in [2.75, 3.05) is 5.01 Å². The van der Waals surface area contributed by atoms with Crippen molar-refractivity contribution < 1.29 is 4.79 Å². The summed E-state index contributed by atoms with van der Waals surface area (Å²) in [5.74, 6) is 0. The van der Waals surface area contributed by atoms with Crippen LogP contribution >= 0.6 is 0 Å². The van der Waals surface area contributed by atoms with Crippen LogP contribution in [0.1, 0.15) is 25.7 Å². The van der Waals surface area contributed by atoms with E-state index in [2.05, 4.69) is 10.7 Å². The fourth-order valence-corrected chi connectivity index (χ4v) is 2.53. The van der Waals surface area contributed by atoms with Crippen LogP contribution in [0.15, 0.2) is 30.3 Å². The van der Waals surface area contributed by atoms with Crippen LogP contribution < -0.4 is 15.8 Å². The topological polar surface area (TPSA) is 44.4 Å². The number of hydrazine groups is 1. The molecule has 1 saturated heterocycles. The van der Waals surface area contributed by atoms with Gasteiger partial charge in [-0.05, 0) is 37.8 Å². The molecule has 0 unspecified atom stereocenters. The lowest BCUT2D eigenvalue weighted by Crippen LogP contribution is -2.48. The van der Waals surface area contributed by atoms with E-state index in [9.17, 15) is 4.79 Å². The molecule has 2 amide bonds. The molecule has 0 radical (unpaired) electrons. The number of urea groups is 1. The molecule has 1 heterocycles.